The van der Waals surface area contributed by atoms with Gasteiger partial charge in [0.2, 0.25) is 0 Å². The highest BCUT2D eigenvalue weighted by Gasteiger charge is 2.19. The van der Waals surface area contributed by atoms with Gasteiger partial charge in [-0.15, -0.1) is 0 Å². The smallest absolute Gasteiger partial charge is 0.270 e. The molecule has 3 heterocycles. The Balaban J connectivity index is 1.40. The largest absolute Gasteiger partial charge is 0.347 e. The summed E-state index contributed by atoms with van der Waals surface area (Å²) in [5.41, 5.74) is 4.33. The maximum Gasteiger partial charge on any atom is 0.270 e. The summed E-state index contributed by atoms with van der Waals surface area (Å²) in [5.74, 6) is -0.0841. The van der Waals surface area contributed by atoms with Crippen LogP contribution < -0.4 is 5.32 Å². The van der Waals surface area contributed by atoms with Crippen molar-refractivity contribution >= 4 is 11.4 Å². The predicted molar refractivity (Wildman–Crippen MR) is 97.5 cm³/mol. The number of nitrogens with zero attached hydrogens (tertiary/aromatic N) is 3. The summed E-state index contributed by atoms with van der Waals surface area (Å²) in [4.78, 5) is 15.0. The van der Waals surface area contributed by atoms with Crippen LogP contribution in [0.4, 0.5) is 0 Å². The van der Waals surface area contributed by atoms with E-state index in [-0.39, 0.29) is 11.9 Å². The number of fused-ring (bicyclic) bond motifs is 2. The maximum atomic E-state index is 12.6. The molecule has 1 aromatic carbocycles. The molecule has 1 N–H and O–H groups in total. The van der Waals surface area contributed by atoms with Crippen molar-refractivity contribution in [1.82, 2.24) is 19.8 Å². The fourth-order valence-corrected chi connectivity index (χ4v) is 3.56. The van der Waals surface area contributed by atoms with Crippen LogP contribution in [0.1, 0.15) is 28.5 Å². The van der Waals surface area contributed by atoms with Gasteiger partial charge in [-0.25, -0.2) is 4.52 Å². The first-order valence-electron chi connectivity index (χ1n) is 8.73. The summed E-state index contributed by atoms with van der Waals surface area (Å²) >= 11 is 0. The number of hydrogen-bond donors (Lipinski definition) is 1. The van der Waals surface area contributed by atoms with Gasteiger partial charge in [0, 0.05) is 25.7 Å². The molecule has 0 saturated heterocycles. The van der Waals surface area contributed by atoms with E-state index in [1.165, 1.54) is 11.1 Å². The van der Waals surface area contributed by atoms with Gasteiger partial charge >= 0.3 is 0 Å². The first-order valence-corrected chi connectivity index (χ1v) is 8.73. The number of carbonyl (C=O) groups excluding carboxylic acids is 1. The van der Waals surface area contributed by atoms with Crippen molar-refractivity contribution in [3.05, 3.63) is 71.5 Å². The molecule has 0 bridgehead atoms. The lowest BCUT2D eigenvalue weighted by atomic mass is 10.00. The van der Waals surface area contributed by atoms with E-state index >= 15 is 0 Å². The predicted octanol–water partition coefficient (Wildman–Crippen LogP) is 2.51. The van der Waals surface area contributed by atoms with E-state index in [1.807, 2.05) is 18.2 Å². The SMILES string of the molecule is CC(CN1CCc2ccccc2C1)NC(=O)c1cccc2ccnn12. The van der Waals surface area contributed by atoms with E-state index in [4.69, 9.17) is 0 Å². The van der Waals surface area contributed by atoms with Gasteiger partial charge in [-0.2, -0.15) is 5.10 Å². The van der Waals surface area contributed by atoms with Crippen molar-refractivity contribution in [1.29, 1.82) is 0 Å². The Morgan fingerprint density at radius 2 is 2.00 bits per heavy atom. The molecule has 0 fully saturated rings. The Morgan fingerprint density at radius 3 is 2.88 bits per heavy atom. The molecule has 4 rings (SSSR count). The third-order valence-electron chi connectivity index (χ3n) is 4.77. The average molecular weight is 334 g/mol. The number of rotatable bonds is 4. The molecule has 1 unspecified atom stereocenters. The number of pyridine rings is 1. The zero-order valence-electron chi connectivity index (χ0n) is 14.4. The molecule has 0 radical (unpaired) electrons. The van der Waals surface area contributed by atoms with Crippen LogP contribution in [0.2, 0.25) is 0 Å². The van der Waals surface area contributed by atoms with Crippen LogP contribution in [0.3, 0.4) is 0 Å². The number of nitrogens with one attached hydrogen (secondary N) is 1. The van der Waals surface area contributed by atoms with Gasteiger partial charge < -0.3 is 5.32 Å². The van der Waals surface area contributed by atoms with Gasteiger partial charge in [0.1, 0.15) is 5.69 Å². The Kier molecular flexibility index (Phi) is 4.24. The highest BCUT2D eigenvalue weighted by molar-refractivity contribution is 5.93. The minimum Gasteiger partial charge on any atom is -0.347 e. The summed E-state index contributed by atoms with van der Waals surface area (Å²) < 4.78 is 1.68. The molecule has 0 aliphatic carbocycles. The van der Waals surface area contributed by atoms with Crippen molar-refractivity contribution < 1.29 is 4.79 Å². The lowest BCUT2D eigenvalue weighted by molar-refractivity contribution is 0.0919. The highest BCUT2D eigenvalue weighted by Crippen LogP contribution is 2.18. The first kappa shape index (κ1) is 15.8. The quantitative estimate of drug-likeness (QED) is 0.798. The summed E-state index contributed by atoms with van der Waals surface area (Å²) in [7, 11) is 0. The van der Waals surface area contributed by atoms with Crippen LogP contribution in [-0.2, 0) is 13.0 Å². The van der Waals surface area contributed by atoms with Gasteiger partial charge in [0.15, 0.2) is 0 Å². The molecule has 25 heavy (non-hydrogen) atoms. The summed E-state index contributed by atoms with van der Waals surface area (Å²) in [6.45, 7) is 4.88. The summed E-state index contributed by atoms with van der Waals surface area (Å²) in [6.07, 6.45) is 2.78. The van der Waals surface area contributed by atoms with Gasteiger partial charge in [0.05, 0.1) is 11.7 Å². The van der Waals surface area contributed by atoms with Gasteiger partial charge in [0.25, 0.3) is 5.91 Å². The van der Waals surface area contributed by atoms with Crippen LogP contribution in [0.25, 0.3) is 5.52 Å². The Hall–Kier alpha value is -2.66. The standard InChI is InChI=1S/C20H22N4O/c1-15(13-23-12-10-16-5-2-3-6-17(16)14-23)22-20(25)19-8-4-7-18-9-11-21-24(18)19/h2-9,11,15H,10,12-14H2,1H3,(H,22,25). The molecule has 5 nitrogen and oxygen atoms in total. The zero-order valence-corrected chi connectivity index (χ0v) is 14.4. The van der Waals surface area contributed by atoms with Gasteiger partial charge in [-0.3, -0.25) is 9.69 Å². The Labute approximate surface area is 147 Å². The van der Waals surface area contributed by atoms with Crippen molar-refractivity contribution in [2.45, 2.75) is 25.9 Å². The minimum atomic E-state index is -0.0841. The summed E-state index contributed by atoms with van der Waals surface area (Å²) in [6, 6.07) is 16.2. The second-order valence-corrected chi connectivity index (χ2v) is 6.71. The van der Waals surface area contributed by atoms with E-state index < -0.39 is 0 Å². The first-order chi connectivity index (χ1) is 12.2. The van der Waals surface area contributed by atoms with Gasteiger partial charge in [-0.1, -0.05) is 30.3 Å². The van der Waals surface area contributed by atoms with Crippen molar-refractivity contribution in [3.8, 4) is 0 Å². The molecule has 1 amide bonds. The summed E-state index contributed by atoms with van der Waals surface area (Å²) in [5, 5.41) is 7.34. The monoisotopic (exact) mass is 334 g/mol. The average Bonchev–Trinajstić information content (AvgIpc) is 3.10. The molecule has 0 spiro atoms. The molecular formula is C20H22N4O. The molecule has 0 saturated carbocycles. The normalized spacial score (nSPS) is 15.7. The number of hydrogen-bond acceptors (Lipinski definition) is 3. The lowest BCUT2D eigenvalue weighted by Gasteiger charge is -2.31. The molecule has 3 aromatic rings. The van der Waals surface area contributed by atoms with Crippen molar-refractivity contribution in [2.75, 3.05) is 13.1 Å². The minimum absolute atomic E-state index is 0.0728. The van der Waals surface area contributed by atoms with Crippen LogP contribution in [0.5, 0.6) is 0 Å². The van der Waals surface area contributed by atoms with E-state index in [2.05, 4.69) is 46.5 Å². The molecule has 2 aromatic heterocycles. The number of benzene rings is 1. The number of aromatic nitrogens is 2. The van der Waals surface area contributed by atoms with E-state index in [0.29, 0.717) is 5.69 Å². The highest BCUT2D eigenvalue weighted by atomic mass is 16.2. The fraction of sp³-hybridized carbons (Fsp3) is 0.300. The topological polar surface area (TPSA) is 49.6 Å². The number of amides is 1. The molecule has 128 valence electrons. The Bertz CT molecular complexity index is 901. The second-order valence-electron chi connectivity index (χ2n) is 6.71. The van der Waals surface area contributed by atoms with E-state index in [1.54, 1.807) is 16.8 Å². The van der Waals surface area contributed by atoms with Crippen LogP contribution in [0, 0.1) is 0 Å². The maximum absolute atomic E-state index is 12.6. The van der Waals surface area contributed by atoms with Crippen molar-refractivity contribution in [3.63, 3.8) is 0 Å². The van der Waals surface area contributed by atoms with Crippen LogP contribution in [-0.4, -0.2) is 39.6 Å². The van der Waals surface area contributed by atoms with Crippen LogP contribution >= 0.6 is 0 Å². The molecular weight excluding hydrogens is 312 g/mol. The molecule has 1 aliphatic heterocycles. The lowest BCUT2D eigenvalue weighted by Crippen LogP contribution is -2.44. The molecule has 1 atom stereocenters. The van der Waals surface area contributed by atoms with E-state index in [0.717, 1.165) is 31.6 Å². The third kappa shape index (κ3) is 3.28. The van der Waals surface area contributed by atoms with Crippen LogP contribution in [0.15, 0.2) is 54.7 Å². The number of carbonyl (C=O) groups is 1. The fourth-order valence-electron chi connectivity index (χ4n) is 3.56. The zero-order chi connectivity index (χ0) is 17.2. The Morgan fingerprint density at radius 1 is 1.16 bits per heavy atom. The molecule has 5 heteroatoms. The van der Waals surface area contributed by atoms with Gasteiger partial charge in [-0.05, 0) is 42.7 Å². The second kappa shape index (κ2) is 6.69. The van der Waals surface area contributed by atoms with Crippen molar-refractivity contribution in [2.24, 2.45) is 0 Å². The molecule has 1 aliphatic rings. The van der Waals surface area contributed by atoms with E-state index in [9.17, 15) is 4.79 Å². The third-order valence-corrected chi connectivity index (χ3v) is 4.77.